The molecule has 3 heterocycles. The summed E-state index contributed by atoms with van der Waals surface area (Å²) in [6, 6.07) is 7.68. The first-order valence-electron chi connectivity index (χ1n) is 5.23. The Bertz CT molecular complexity index is 641. The minimum atomic E-state index is -1.04. The Kier molecular flexibility index (Phi) is 3.40. The van der Waals surface area contributed by atoms with E-state index in [-0.39, 0.29) is 0 Å². The maximum absolute atomic E-state index is 12.0. The van der Waals surface area contributed by atoms with E-state index in [4.69, 9.17) is 4.42 Å². The van der Waals surface area contributed by atoms with Crippen LogP contribution in [0.25, 0.3) is 10.8 Å². The second-order valence-electron chi connectivity index (χ2n) is 3.54. The molecular weight excluding hydrogens is 286 g/mol. The molecule has 0 amide bonds. The van der Waals surface area contributed by atoms with Crippen LogP contribution in [0.3, 0.4) is 0 Å². The van der Waals surface area contributed by atoms with E-state index in [0.717, 1.165) is 14.8 Å². The van der Waals surface area contributed by atoms with Crippen LogP contribution in [0.15, 0.2) is 49.9 Å². The summed E-state index contributed by atoms with van der Waals surface area (Å²) in [4.78, 5) is 5.35. The lowest BCUT2D eigenvalue weighted by Gasteiger charge is -1.93. The Morgan fingerprint density at radius 2 is 2.06 bits per heavy atom. The molecule has 92 valence electrons. The van der Waals surface area contributed by atoms with Gasteiger partial charge in [-0.1, -0.05) is 12.1 Å². The highest BCUT2D eigenvalue weighted by molar-refractivity contribution is 7.86. The van der Waals surface area contributed by atoms with Crippen molar-refractivity contribution in [3.05, 3.63) is 47.0 Å². The van der Waals surface area contributed by atoms with Crippen LogP contribution in [-0.2, 0) is 16.6 Å². The summed E-state index contributed by atoms with van der Waals surface area (Å²) in [5.41, 5.74) is 0.727. The SMILES string of the molecule is O=[S@](Cc1coc(-c2cccs2)n1)c1cccs1. The number of thiophene rings is 2. The van der Waals surface area contributed by atoms with Gasteiger partial charge in [0, 0.05) is 0 Å². The molecule has 0 saturated carbocycles. The number of aromatic nitrogens is 1. The van der Waals surface area contributed by atoms with Gasteiger partial charge in [-0.3, -0.25) is 4.21 Å². The van der Waals surface area contributed by atoms with E-state index < -0.39 is 10.8 Å². The molecule has 0 aliphatic rings. The van der Waals surface area contributed by atoms with E-state index in [1.54, 1.807) is 17.6 Å². The third-order valence-corrected chi connectivity index (χ3v) is 5.79. The highest BCUT2D eigenvalue weighted by Crippen LogP contribution is 2.25. The molecule has 3 aromatic heterocycles. The van der Waals surface area contributed by atoms with Crippen molar-refractivity contribution >= 4 is 33.5 Å². The van der Waals surface area contributed by atoms with Gasteiger partial charge in [0.05, 0.1) is 31.3 Å². The number of oxazole rings is 1. The zero-order chi connectivity index (χ0) is 12.4. The molecule has 3 rings (SSSR count). The van der Waals surface area contributed by atoms with Gasteiger partial charge < -0.3 is 4.42 Å². The third kappa shape index (κ3) is 2.45. The molecule has 0 fully saturated rings. The molecule has 0 bridgehead atoms. The molecule has 0 saturated heterocycles. The molecular formula is C12H9NO2S3. The first kappa shape index (κ1) is 11.8. The first-order valence-corrected chi connectivity index (χ1v) is 8.31. The van der Waals surface area contributed by atoms with E-state index in [1.165, 1.54) is 11.3 Å². The summed E-state index contributed by atoms with van der Waals surface area (Å²) in [6.45, 7) is 0. The minimum Gasteiger partial charge on any atom is -0.444 e. The summed E-state index contributed by atoms with van der Waals surface area (Å²) in [5, 5.41) is 3.90. The largest absolute Gasteiger partial charge is 0.444 e. The summed E-state index contributed by atoms with van der Waals surface area (Å²) in [7, 11) is -1.04. The van der Waals surface area contributed by atoms with Crippen LogP contribution < -0.4 is 0 Å². The summed E-state index contributed by atoms with van der Waals surface area (Å²) < 4.78 is 18.3. The van der Waals surface area contributed by atoms with Crippen LogP contribution in [0.5, 0.6) is 0 Å². The van der Waals surface area contributed by atoms with E-state index in [1.807, 2.05) is 35.0 Å². The van der Waals surface area contributed by atoms with Crippen molar-refractivity contribution in [2.75, 3.05) is 0 Å². The Morgan fingerprint density at radius 1 is 1.22 bits per heavy atom. The molecule has 3 nitrogen and oxygen atoms in total. The smallest absolute Gasteiger partial charge is 0.236 e. The van der Waals surface area contributed by atoms with Crippen molar-refractivity contribution in [2.45, 2.75) is 9.96 Å². The lowest BCUT2D eigenvalue weighted by molar-refractivity contribution is 0.574. The summed E-state index contributed by atoms with van der Waals surface area (Å²) in [6.07, 6.45) is 1.58. The molecule has 0 aliphatic carbocycles. The van der Waals surface area contributed by atoms with Gasteiger partial charge in [-0.15, -0.1) is 22.7 Å². The Hall–Kier alpha value is -1.24. The van der Waals surface area contributed by atoms with E-state index in [0.29, 0.717) is 11.6 Å². The topological polar surface area (TPSA) is 43.1 Å². The lowest BCUT2D eigenvalue weighted by Crippen LogP contribution is -1.94. The zero-order valence-electron chi connectivity index (χ0n) is 9.24. The van der Waals surface area contributed by atoms with E-state index >= 15 is 0 Å². The van der Waals surface area contributed by atoms with Gasteiger partial charge in [0.15, 0.2) is 0 Å². The summed E-state index contributed by atoms with van der Waals surface area (Å²) >= 11 is 3.07. The number of rotatable bonds is 4. The Balaban J connectivity index is 1.76. The fourth-order valence-corrected chi connectivity index (χ4v) is 4.14. The molecule has 0 spiro atoms. The normalized spacial score (nSPS) is 12.7. The van der Waals surface area contributed by atoms with Crippen LogP contribution in [-0.4, -0.2) is 9.19 Å². The maximum Gasteiger partial charge on any atom is 0.236 e. The molecule has 0 N–H and O–H groups in total. The monoisotopic (exact) mass is 295 g/mol. The van der Waals surface area contributed by atoms with E-state index in [2.05, 4.69) is 4.98 Å². The minimum absolute atomic E-state index is 0.398. The van der Waals surface area contributed by atoms with Crippen molar-refractivity contribution in [1.29, 1.82) is 0 Å². The highest BCUT2D eigenvalue weighted by Gasteiger charge is 2.11. The second-order valence-corrected chi connectivity index (χ2v) is 7.12. The van der Waals surface area contributed by atoms with Crippen LogP contribution >= 0.6 is 22.7 Å². The number of hydrogen-bond acceptors (Lipinski definition) is 5. The fraction of sp³-hybridized carbons (Fsp3) is 0.0833. The van der Waals surface area contributed by atoms with Gasteiger partial charge in [-0.25, -0.2) is 4.98 Å². The average molecular weight is 295 g/mol. The van der Waals surface area contributed by atoms with Crippen LogP contribution in [0.4, 0.5) is 0 Å². The van der Waals surface area contributed by atoms with Crippen molar-refractivity contribution in [3.8, 4) is 10.8 Å². The van der Waals surface area contributed by atoms with Gasteiger partial charge in [0.2, 0.25) is 5.89 Å². The van der Waals surface area contributed by atoms with Gasteiger partial charge in [-0.05, 0) is 22.9 Å². The molecule has 18 heavy (non-hydrogen) atoms. The molecule has 0 aromatic carbocycles. The van der Waals surface area contributed by atoms with Crippen LogP contribution in [0, 0.1) is 0 Å². The average Bonchev–Trinajstić information content (AvgIpc) is 3.12. The molecule has 0 radical (unpaired) electrons. The molecule has 6 heteroatoms. The van der Waals surface area contributed by atoms with Crippen molar-refractivity contribution in [3.63, 3.8) is 0 Å². The van der Waals surface area contributed by atoms with Crippen LogP contribution in [0.2, 0.25) is 0 Å². The molecule has 3 aromatic rings. The second kappa shape index (κ2) is 5.17. The summed E-state index contributed by atoms with van der Waals surface area (Å²) in [5.74, 6) is 0.998. The Morgan fingerprint density at radius 3 is 2.78 bits per heavy atom. The Labute approximate surface area is 115 Å². The standard InChI is InChI=1S/C12H9NO2S3/c14-18(11-4-2-6-17-11)8-9-7-15-12(13-9)10-3-1-5-16-10/h1-7H,8H2/t18-/m1/s1. The predicted molar refractivity (Wildman–Crippen MR) is 74.2 cm³/mol. The third-order valence-electron chi connectivity index (χ3n) is 2.28. The fourth-order valence-electron chi connectivity index (χ4n) is 1.49. The lowest BCUT2D eigenvalue weighted by atomic mass is 10.5. The number of nitrogens with zero attached hydrogens (tertiary/aromatic N) is 1. The quantitative estimate of drug-likeness (QED) is 0.736. The molecule has 1 atom stereocenters. The van der Waals surface area contributed by atoms with Crippen LogP contribution in [0.1, 0.15) is 5.69 Å². The highest BCUT2D eigenvalue weighted by atomic mass is 32.2. The van der Waals surface area contributed by atoms with Gasteiger partial charge in [-0.2, -0.15) is 0 Å². The zero-order valence-corrected chi connectivity index (χ0v) is 11.7. The van der Waals surface area contributed by atoms with Gasteiger partial charge in [0.1, 0.15) is 6.26 Å². The van der Waals surface area contributed by atoms with Crippen molar-refractivity contribution in [2.24, 2.45) is 0 Å². The van der Waals surface area contributed by atoms with Gasteiger partial charge >= 0.3 is 0 Å². The van der Waals surface area contributed by atoms with Crippen molar-refractivity contribution < 1.29 is 8.63 Å². The van der Waals surface area contributed by atoms with E-state index in [9.17, 15) is 4.21 Å². The van der Waals surface area contributed by atoms with Crippen molar-refractivity contribution in [1.82, 2.24) is 4.98 Å². The predicted octanol–water partition coefficient (Wildman–Crippen LogP) is 3.77. The van der Waals surface area contributed by atoms with Gasteiger partial charge in [0.25, 0.3) is 0 Å². The number of hydrogen-bond donors (Lipinski definition) is 0. The molecule has 0 unspecified atom stereocenters. The molecule has 0 aliphatic heterocycles. The first-order chi connectivity index (χ1) is 8.83. The maximum atomic E-state index is 12.0.